The first-order chi connectivity index (χ1) is 15.6. The van der Waals surface area contributed by atoms with E-state index in [-0.39, 0.29) is 6.03 Å². The number of amides is 2. The SMILES string of the molecule is COc1ccccc1N1CCN(CC(O)CCNC(=O)N2CCc3ncccc3C2)CC1. The molecule has 1 fully saturated rings. The lowest BCUT2D eigenvalue weighted by Gasteiger charge is -2.37. The molecule has 2 aliphatic rings. The largest absolute Gasteiger partial charge is 0.495 e. The minimum Gasteiger partial charge on any atom is -0.495 e. The molecule has 1 aromatic heterocycles. The quantitative estimate of drug-likeness (QED) is 0.684. The number of β-amino-alcohol motifs (C(OH)–C–C–N with tert-alkyl or cyclic N) is 1. The zero-order valence-corrected chi connectivity index (χ0v) is 18.7. The molecule has 1 saturated heterocycles. The Labute approximate surface area is 189 Å². The van der Waals surface area contributed by atoms with Crippen LogP contribution in [0.3, 0.4) is 0 Å². The molecule has 0 saturated carbocycles. The number of hydrogen-bond donors (Lipinski definition) is 2. The molecule has 0 radical (unpaired) electrons. The van der Waals surface area contributed by atoms with Crippen molar-refractivity contribution in [1.82, 2.24) is 20.1 Å². The van der Waals surface area contributed by atoms with Crippen LogP contribution in [0.15, 0.2) is 42.6 Å². The molecule has 4 rings (SSSR count). The highest BCUT2D eigenvalue weighted by atomic mass is 16.5. The van der Waals surface area contributed by atoms with Crippen LogP contribution < -0.4 is 15.0 Å². The molecule has 0 bridgehead atoms. The number of pyridine rings is 1. The number of fused-ring (bicyclic) bond motifs is 1. The summed E-state index contributed by atoms with van der Waals surface area (Å²) in [6.45, 7) is 5.94. The lowest BCUT2D eigenvalue weighted by molar-refractivity contribution is 0.102. The van der Waals surface area contributed by atoms with E-state index in [9.17, 15) is 9.90 Å². The number of aromatic nitrogens is 1. The van der Waals surface area contributed by atoms with Crippen molar-refractivity contribution < 1.29 is 14.6 Å². The predicted octanol–water partition coefficient (Wildman–Crippen LogP) is 1.73. The number of aliphatic hydroxyl groups is 1. The van der Waals surface area contributed by atoms with E-state index >= 15 is 0 Å². The molecule has 2 N–H and O–H groups in total. The summed E-state index contributed by atoms with van der Waals surface area (Å²) in [5, 5.41) is 13.4. The summed E-state index contributed by atoms with van der Waals surface area (Å²) in [4.78, 5) is 23.3. The average molecular weight is 440 g/mol. The number of piperazine rings is 1. The lowest BCUT2D eigenvalue weighted by Crippen LogP contribution is -2.49. The van der Waals surface area contributed by atoms with E-state index in [0.717, 1.165) is 55.3 Å². The van der Waals surface area contributed by atoms with Crippen molar-refractivity contribution in [3.63, 3.8) is 0 Å². The number of carbonyl (C=O) groups excluding carboxylic acids is 1. The summed E-state index contributed by atoms with van der Waals surface area (Å²) < 4.78 is 5.48. The van der Waals surface area contributed by atoms with E-state index in [1.807, 2.05) is 35.2 Å². The first kappa shape index (κ1) is 22.4. The highest BCUT2D eigenvalue weighted by molar-refractivity contribution is 5.74. The van der Waals surface area contributed by atoms with Gasteiger partial charge in [-0.1, -0.05) is 18.2 Å². The summed E-state index contributed by atoms with van der Waals surface area (Å²) in [5.74, 6) is 0.894. The minimum absolute atomic E-state index is 0.0721. The van der Waals surface area contributed by atoms with Crippen LogP contribution in [0.5, 0.6) is 5.75 Å². The number of ether oxygens (including phenoxy) is 1. The fourth-order valence-corrected chi connectivity index (χ4v) is 4.45. The molecule has 1 unspecified atom stereocenters. The van der Waals surface area contributed by atoms with E-state index in [0.29, 0.717) is 32.6 Å². The van der Waals surface area contributed by atoms with E-state index in [4.69, 9.17) is 4.74 Å². The first-order valence-corrected chi connectivity index (χ1v) is 11.4. The molecular weight excluding hydrogens is 406 g/mol. The van der Waals surface area contributed by atoms with Gasteiger partial charge in [0.25, 0.3) is 0 Å². The van der Waals surface area contributed by atoms with E-state index < -0.39 is 6.10 Å². The minimum atomic E-state index is -0.459. The van der Waals surface area contributed by atoms with Crippen molar-refractivity contribution >= 4 is 11.7 Å². The second-order valence-corrected chi connectivity index (χ2v) is 8.41. The molecule has 172 valence electrons. The topological polar surface area (TPSA) is 81.2 Å². The molecule has 8 heteroatoms. The van der Waals surface area contributed by atoms with Crippen LogP contribution in [0.25, 0.3) is 0 Å². The lowest BCUT2D eigenvalue weighted by atomic mass is 10.1. The average Bonchev–Trinajstić information content (AvgIpc) is 2.84. The maximum Gasteiger partial charge on any atom is 0.317 e. The highest BCUT2D eigenvalue weighted by Crippen LogP contribution is 2.28. The first-order valence-electron chi connectivity index (χ1n) is 11.4. The number of rotatable bonds is 7. The smallest absolute Gasteiger partial charge is 0.317 e. The number of methoxy groups -OCH3 is 1. The number of anilines is 1. The Morgan fingerprint density at radius 2 is 1.97 bits per heavy atom. The van der Waals surface area contributed by atoms with Crippen LogP contribution in [0.1, 0.15) is 17.7 Å². The van der Waals surface area contributed by atoms with Gasteiger partial charge >= 0.3 is 6.03 Å². The third kappa shape index (κ3) is 5.49. The number of benzene rings is 1. The molecular formula is C24H33N5O3. The van der Waals surface area contributed by atoms with Crippen molar-refractivity contribution in [2.75, 3.05) is 57.8 Å². The van der Waals surface area contributed by atoms with Gasteiger partial charge in [-0.15, -0.1) is 0 Å². The number of nitrogens with one attached hydrogen (secondary N) is 1. The number of urea groups is 1. The number of para-hydroxylation sites is 2. The molecule has 2 aliphatic heterocycles. The van der Waals surface area contributed by atoms with E-state index in [2.05, 4.69) is 26.2 Å². The van der Waals surface area contributed by atoms with Crippen molar-refractivity contribution in [3.8, 4) is 5.75 Å². The van der Waals surface area contributed by atoms with E-state index in [1.54, 1.807) is 13.3 Å². The third-order valence-corrected chi connectivity index (χ3v) is 6.27. The Morgan fingerprint density at radius 1 is 1.16 bits per heavy atom. The Morgan fingerprint density at radius 3 is 2.78 bits per heavy atom. The fraction of sp³-hybridized carbons (Fsp3) is 0.500. The van der Waals surface area contributed by atoms with Crippen LogP contribution in [0.2, 0.25) is 0 Å². The molecule has 2 aromatic rings. The Balaban J connectivity index is 1.15. The zero-order chi connectivity index (χ0) is 22.3. The molecule has 3 heterocycles. The molecule has 32 heavy (non-hydrogen) atoms. The second kappa shape index (κ2) is 10.7. The Kier molecular flexibility index (Phi) is 7.44. The summed E-state index contributed by atoms with van der Waals surface area (Å²) in [7, 11) is 1.70. The third-order valence-electron chi connectivity index (χ3n) is 6.27. The highest BCUT2D eigenvalue weighted by Gasteiger charge is 2.23. The molecule has 2 amide bonds. The maximum absolute atomic E-state index is 12.5. The van der Waals surface area contributed by atoms with Gasteiger partial charge in [0.2, 0.25) is 0 Å². The fourth-order valence-electron chi connectivity index (χ4n) is 4.45. The van der Waals surface area contributed by atoms with Gasteiger partial charge in [-0.05, 0) is 30.2 Å². The van der Waals surface area contributed by atoms with Crippen LogP contribution in [-0.2, 0) is 13.0 Å². The Hall–Kier alpha value is -2.84. The maximum atomic E-state index is 12.5. The monoisotopic (exact) mass is 439 g/mol. The summed E-state index contributed by atoms with van der Waals surface area (Å²) in [6, 6.07) is 11.9. The number of nitrogens with zero attached hydrogens (tertiary/aromatic N) is 4. The molecule has 1 atom stereocenters. The van der Waals surface area contributed by atoms with Gasteiger partial charge in [-0.25, -0.2) is 4.79 Å². The standard InChI is InChI=1S/C24H33N5O3/c1-32-23-7-3-2-6-22(23)28-15-13-27(14-16-28)18-20(30)8-11-26-24(31)29-12-9-21-19(17-29)5-4-10-25-21/h2-7,10,20,30H,8-9,11-18H2,1H3,(H,26,31). The number of aliphatic hydroxyl groups excluding tert-OH is 1. The molecule has 8 nitrogen and oxygen atoms in total. The molecule has 0 spiro atoms. The van der Waals surface area contributed by atoms with Gasteiger partial charge in [0.1, 0.15) is 5.75 Å². The number of hydrogen-bond acceptors (Lipinski definition) is 6. The number of carbonyl (C=O) groups is 1. The second-order valence-electron chi connectivity index (χ2n) is 8.41. The van der Waals surface area contributed by atoms with Gasteiger partial charge in [-0.2, -0.15) is 0 Å². The normalized spacial score (nSPS) is 17.6. The van der Waals surface area contributed by atoms with Crippen molar-refractivity contribution in [2.24, 2.45) is 0 Å². The van der Waals surface area contributed by atoms with Gasteiger partial charge < -0.3 is 25.0 Å². The Bertz CT molecular complexity index is 901. The van der Waals surface area contributed by atoms with Crippen LogP contribution in [0.4, 0.5) is 10.5 Å². The summed E-state index contributed by atoms with van der Waals surface area (Å²) in [6.07, 6.45) is 2.67. The summed E-state index contributed by atoms with van der Waals surface area (Å²) >= 11 is 0. The van der Waals surface area contributed by atoms with Gasteiger partial charge in [0.15, 0.2) is 0 Å². The van der Waals surface area contributed by atoms with E-state index in [1.165, 1.54) is 0 Å². The van der Waals surface area contributed by atoms with Gasteiger partial charge in [-0.3, -0.25) is 9.88 Å². The molecule has 1 aromatic carbocycles. The predicted molar refractivity (Wildman–Crippen MR) is 124 cm³/mol. The van der Waals surface area contributed by atoms with Crippen LogP contribution in [-0.4, -0.2) is 84.9 Å². The van der Waals surface area contributed by atoms with Crippen molar-refractivity contribution in [3.05, 3.63) is 53.9 Å². The zero-order valence-electron chi connectivity index (χ0n) is 18.7. The van der Waals surface area contributed by atoms with Crippen LogP contribution in [0, 0.1) is 0 Å². The van der Waals surface area contributed by atoms with Gasteiger partial charge in [0.05, 0.1) is 18.9 Å². The van der Waals surface area contributed by atoms with Crippen LogP contribution >= 0.6 is 0 Å². The van der Waals surface area contributed by atoms with Crippen molar-refractivity contribution in [1.29, 1.82) is 0 Å². The van der Waals surface area contributed by atoms with Gasteiger partial charge in [0, 0.05) is 70.7 Å². The molecule has 0 aliphatic carbocycles. The van der Waals surface area contributed by atoms with Crippen molar-refractivity contribution in [2.45, 2.75) is 25.5 Å². The summed E-state index contributed by atoms with van der Waals surface area (Å²) in [5.41, 5.74) is 3.31.